The van der Waals surface area contributed by atoms with Crippen LogP contribution >= 0.6 is 11.3 Å². The number of carbonyl (C=O) groups excluding carboxylic acids is 1. The zero-order chi connectivity index (χ0) is 19.8. The lowest BCUT2D eigenvalue weighted by molar-refractivity contribution is 0.103. The third-order valence-corrected chi connectivity index (χ3v) is 6.41. The van der Waals surface area contributed by atoms with E-state index in [9.17, 15) is 9.59 Å². The molecule has 1 amide bonds. The average Bonchev–Trinajstić information content (AvgIpc) is 3.12. The van der Waals surface area contributed by atoms with Crippen LogP contribution in [0.15, 0.2) is 35.3 Å². The lowest BCUT2D eigenvalue weighted by Gasteiger charge is -2.13. The molecule has 0 unspecified atom stereocenters. The van der Waals surface area contributed by atoms with Crippen LogP contribution in [-0.4, -0.2) is 15.5 Å². The topological polar surface area (TPSA) is 90.0 Å². The zero-order valence-electron chi connectivity index (χ0n) is 15.9. The van der Waals surface area contributed by atoms with Crippen molar-refractivity contribution in [1.82, 2.24) is 9.55 Å². The Labute approximate surface area is 167 Å². The van der Waals surface area contributed by atoms with E-state index in [1.165, 1.54) is 27.8 Å². The number of hydrogen-bond donors (Lipinski definition) is 2. The van der Waals surface area contributed by atoms with Gasteiger partial charge < -0.3 is 15.6 Å². The number of amides is 1. The molecular weight excluding hydrogens is 372 g/mol. The van der Waals surface area contributed by atoms with Crippen molar-refractivity contribution >= 4 is 28.7 Å². The molecule has 0 saturated carbocycles. The molecule has 3 aromatic rings. The van der Waals surface area contributed by atoms with Crippen molar-refractivity contribution in [3.63, 3.8) is 0 Å². The molecule has 144 valence electrons. The number of nitrogens with two attached hydrogens (primary N) is 1. The van der Waals surface area contributed by atoms with Crippen LogP contribution in [0.3, 0.4) is 0 Å². The van der Waals surface area contributed by atoms with E-state index in [2.05, 4.69) is 10.3 Å². The van der Waals surface area contributed by atoms with Crippen LogP contribution in [0.2, 0.25) is 0 Å². The normalized spacial score (nSPS) is 13.2. The maximum absolute atomic E-state index is 12.8. The maximum atomic E-state index is 12.8. The number of rotatable bonds is 3. The fourth-order valence-electron chi connectivity index (χ4n) is 3.59. The van der Waals surface area contributed by atoms with E-state index in [-0.39, 0.29) is 17.3 Å². The van der Waals surface area contributed by atoms with Crippen LogP contribution < -0.4 is 16.6 Å². The van der Waals surface area contributed by atoms with Gasteiger partial charge in [-0.15, -0.1) is 11.3 Å². The number of carbonyl (C=O) groups is 1. The van der Waals surface area contributed by atoms with E-state index < -0.39 is 0 Å². The number of benzene rings is 1. The summed E-state index contributed by atoms with van der Waals surface area (Å²) in [7, 11) is 1.64. The highest BCUT2D eigenvalue weighted by molar-refractivity contribution is 7.14. The predicted octanol–water partition coefficient (Wildman–Crippen LogP) is 3.53. The van der Waals surface area contributed by atoms with E-state index in [1.807, 2.05) is 31.2 Å². The van der Waals surface area contributed by atoms with Gasteiger partial charge in [-0.3, -0.25) is 9.59 Å². The molecule has 7 heteroatoms. The van der Waals surface area contributed by atoms with Crippen molar-refractivity contribution in [2.75, 3.05) is 11.1 Å². The molecule has 0 atom stereocenters. The summed E-state index contributed by atoms with van der Waals surface area (Å²) in [6.45, 7) is 1.92. The molecule has 0 radical (unpaired) electrons. The van der Waals surface area contributed by atoms with Gasteiger partial charge in [-0.2, -0.15) is 0 Å². The quantitative estimate of drug-likeness (QED) is 0.711. The largest absolute Gasteiger partial charge is 0.379 e. The number of nitrogens with zero attached hydrogens (tertiary/aromatic N) is 2. The number of hydrogen-bond acceptors (Lipinski definition) is 5. The first-order valence-electron chi connectivity index (χ1n) is 9.30. The van der Waals surface area contributed by atoms with Crippen LogP contribution in [0, 0.1) is 6.92 Å². The van der Waals surface area contributed by atoms with Gasteiger partial charge in [0, 0.05) is 29.4 Å². The summed E-state index contributed by atoms with van der Waals surface area (Å²) in [5, 5.41) is 3.03. The van der Waals surface area contributed by atoms with E-state index in [1.54, 1.807) is 24.6 Å². The van der Waals surface area contributed by atoms with Gasteiger partial charge in [-0.05, 0) is 55.9 Å². The Hall–Kier alpha value is -2.93. The van der Waals surface area contributed by atoms with Gasteiger partial charge in [0.1, 0.15) is 0 Å². The lowest BCUT2D eigenvalue weighted by Crippen LogP contribution is -2.21. The highest BCUT2D eigenvalue weighted by Gasteiger charge is 2.18. The first kappa shape index (κ1) is 18.4. The molecule has 1 aliphatic rings. The van der Waals surface area contributed by atoms with Gasteiger partial charge >= 0.3 is 0 Å². The standard InChI is InChI=1S/C21H22N4O2S/c1-12-14(16-11-25(2)21(27)19(22)23-16)7-5-8-15(12)24-20(26)18-10-13-6-3-4-9-17(13)28-18/h5,7-8,10-11H,3-4,6,9H2,1-2H3,(H2,22,23)(H,24,26). The minimum absolute atomic E-state index is 0.0435. The van der Waals surface area contributed by atoms with Gasteiger partial charge in [-0.25, -0.2) is 4.98 Å². The molecule has 3 N–H and O–H groups in total. The van der Waals surface area contributed by atoms with Gasteiger partial charge in [-0.1, -0.05) is 12.1 Å². The first-order valence-corrected chi connectivity index (χ1v) is 10.1. The molecule has 0 bridgehead atoms. The van der Waals surface area contributed by atoms with E-state index in [4.69, 9.17) is 5.73 Å². The smallest absolute Gasteiger partial charge is 0.292 e. The molecule has 2 heterocycles. The lowest BCUT2D eigenvalue weighted by atomic mass is 9.99. The number of nitrogen functional groups attached to an aromatic ring is 1. The van der Waals surface area contributed by atoms with E-state index in [0.717, 1.165) is 34.5 Å². The van der Waals surface area contributed by atoms with Crippen molar-refractivity contribution in [2.24, 2.45) is 7.05 Å². The number of thiophene rings is 1. The number of anilines is 2. The fourth-order valence-corrected chi connectivity index (χ4v) is 4.74. The first-order chi connectivity index (χ1) is 13.4. The summed E-state index contributed by atoms with van der Waals surface area (Å²) in [5.74, 6) is -0.134. The minimum Gasteiger partial charge on any atom is -0.379 e. The Morgan fingerprint density at radius 1 is 1.29 bits per heavy atom. The summed E-state index contributed by atoms with van der Waals surface area (Å²) >= 11 is 1.60. The van der Waals surface area contributed by atoms with E-state index >= 15 is 0 Å². The van der Waals surface area contributed by atoms with Crippen LogP contribution in [0.4, 0.5) is 11.5 Å². The molecule has 0 saturated heterocycles. The molecule has 6 nitrogen and oxygen atoms in total. The molecule has 0 aliphatic heterocycles. The van der Waals surface area contributed by atoms with Gasteiger partial charge in [0.15, 0.2) is 5.82 Å². The minimum atomic E-state index is -0.326. The number of nitrogens with one attached hydrogen (secondary N) is 1. The Morgan fingerprint density at radius 2 is 2.07 bits per heavy atom. The van der Waals surface area contributed by atoms with E-state index in [0.29, 0.717) is 5.69 Å². The van der Waals surface area contributed by atoms with Crippen LogP contribution in [0.1, 0.15) is 38.5 Å². The fraction of sp³-hybridized carbons (Fsp3) is 0.286. The van der Waals surface area contributed by atoms with Crippen molar-refractivity contribution in [3.8, 4) is 11.3 Å². The molecule has 28 heavy (non-hydrogen) atoms. The number of fused-ring (bicyclic) bond motifs is 1. The van der Waals surface area contributed by atoms with Crippen molar-refractivity contribution in [3.05, 3.63) is 61.7 Å². The maximum Gasteiger partial charge on any atom is 0.292 e. The second-order valence-corrected chi connectivity index (χ2v) is 8.26. The molecule has 1 aromatic carbocycles. The Balaban J connectivity index is 1.64. The Morgan fingerprint density at radius 3 is 2.82 bits per heavy atom. The second kappa shape index (κ2) is 7.24. The molecule has 0 spiro atoms. The molecule has 4 rings (SSSR count). The highest BCUT2D eigenvalue weighted by atomic mass is 32.1. The third-order valence-electron chi connectivity index (χ3n) is 5.17. The number of aryl methyl sites for hydroxylation is 3. The van der Waals surface area contributed by atoms with Crippen LogP contribution in [-0.2, 0) is 19.9 Å². The molecule has 1 aliphatic carbocycles. The monoisotopic (exact) mass is 394 g/mol. The summed E-state index contributed by atoms with van der Waals surface area (Å²) in [4.78, 5) is 30.9. The van der Waals surface area contributed by atoms with Gasteiger partial charge in [0.25, 0.3) is 11.5 Å². The predicted molar refractivity (Wildman–Crippen MR) is 113 cm³/mol. The Kier molecular flexibility index (Phi) is 4.77. The summed E-state index contributed by atoms with van der Waals surface area (Å²) in [6, 6.07) is 7.67. The summed E-state index contributed by atoms with van der Waals surface area (Å²) in [6.07, 6.45) is 6.18. The molecule has 0 fully saturated rings. The summed E-state index contributed by atoms with van der Waals surface area (Å²) < 4.78 is 1.42. The van der Waals surface area contributed by atoms with Gasteiger partial charge in [0.05, 0.1) is 10.6 Å². The van der Waals surface area contributed by atoms with Crippen molar-refractivity contribution in [2.45, 2.75) is 32.6 Å². The Bertz CT molecular complexity index is 1080. The van der Waals surface area contributed by atoms with Crippen molar-refractivity contribution < 1.29 is 4.79 Å². The third kappa shape index (κ3) is 3.33. The molecular formula is C21H22N4O2S. The summed E-state index contributed by atoms with van der Waals surface area (Å²) in [5.41, 5.74) is 9.75. The van der Waals surface area contributed by atoms with Crippen LogP contribution in [0.5, 0.6) is 0 Å². The van der Waals surface area contributed by atoms with Crippen molar-refractivity contribution in [1.29, 1.82) is 0 Å². The highest BCUT2D eigenvalue weighted by Crippen LogP contribution is 2.31. The zero-order valence-corrected chi connectivity index (χ0v) is 16.7. The van der Waals surface area contributed by atoms with Gasteiger partial charge in [0.2, 0.25) is 0 Å². The average molecular weight is 395 g/mol. The van der Waals surface area contributed by atoms with Crippen LogP contribution in [0.25, 0.3) is 11.3 Å². The molecule has 2 aromatic heterocycles. The number of aromatic nitrogens is 2. The SMILES string of the molecule is Cc1c(NC(=O)c2cc3c(s2)CCCC3)cccc1-c1cn(C)c(=O)c(N)n1. The second-order valence-electron chi connectivity index (χ2n) is 7.13.